The van der Waals surface area contributed by atoms with Crippen LogP contribution in [0.15, 0.2) is 5.16 Å². The lowest BCUT2D eigenvalue weighted by Crippen LogP contribution is -2.45. The molecular weight excluding hydrogens is 226 g/mol. The number of hydrogen-bond donors (Lipinski definition) is 2. The van der Waals surface area contributed by atoms with Crippen LogP contribution in [0.25, 0.3) is 0 Å². The van der Waals surface area contributed by atoms with Crippen molar-refractivity contribution in [3.8, 4) is 0 Å². The predicted octanol–water partition coefficient (Wildman–Crippen LogP) is 3.05. The summed E-state index contributed by atoms with van der Waals surface area (Å²) in [6.07, 6.45) is 7.37. The number of aliphatic hydroxyl groups is 1. The molecule has 3 aliphatic carbocycles. The van der Waals surface area contributed by atoms with Gasteiger partial charge >= 0.3 is 0 Å². The SMILES string of the molecule is C[C@@H]1CC[C@H]2[C@](C)(/C=N/O)[C@H]3C[C@@]12CC[C@]3(C)O. The number of rotatable bonds is 1. The second kappa shape index (κ2) is 3.50. The highest BCUT2D eigenvalue weighted by molar-refractivity contribution is 5.67. The summed E-state index contributed by atoms with van der Waals surface area (Å²) >= 11 is 0. The molecule has 0 aromatic carbocycles. The zero-order chi connectivity index (χ0) is 13.2. The van der Waals surface area contributed by atoms with Gasteiger partial charge in [-0.15, -0.1) is 5.16 Å². The van der Waals surface area contributed by atoms with Crippen LogP contribution in [0, 0.1) is 28.6 Å². The van der Waals surface area contributed by atoms with Crippen LogP contribution in [-0.4, -0.2) is 22.1 Å². The van der Waals surface area contributed by atoms with Gasteiger partial charge in [0.25, 0.3) is 0 Å². The minimum absolute atomic E-state index is 0.139. The molecule has 3 saturated carbocycles. The Morgan fingerprint density at radius 2 is 1.89 bits per heavy atom. The molecule has 0 radical (unpaired) electrons. The Balaban J connectivity index is 2.10. The zero-order valence-electron chi connectivity index (χ0n) is 11.7. The highest BCUT2D eigenvalue weighted by Crippen LogP contribution is 2.72. The first-order valence-corrected chi connectivity index (χ1v) is 7.28. The van der Waals surface area contributed by atoms with Gasteiger partial charge in [0.2, 0.25) is 0 Å². The fourth-order valence-corrected chi connectivity index (χ4v) is 5.83. The van der Waals surface area contributed by atoms with E-state index in [2.05, 4.69) is 19.0 Å². The van der Waals surface area contributed by atoms with Crippen LogP contribution >= 0.6 is 0 Å². The zero-order valence-corrected chi connectivity index (χ0v) is 11.7. The topological polar surface area (TPSA) is 52.8 Å². The molecule has 0 aromatic heterocycles. The summed E-state index contributed by atoms with van der Waals surface area (Å²) in [7, 11) is 0. The van der Waals surface area contributed by atoms with E-state index in [1.807, 2.05) is 6.92 Å². The Kier molecular flexibility index (Phi) is 2.42. The van der Waals surface area contributed by atoms with Crippen LogP contribution in [0.3, 0.4) is 0 Å². The molecule has 3 heteroatoms. The van der Waals surface area contributed by atoms with Gasteiger partial charge in [0.1, 0.15) is 0 Å². The molecule has 2 N–H and O–H groups in total. The van der Waals surface area contributed by atoms with Crippen molar-refractivity contribution in [1.29, 1.82) is 0 Å². The van der Waals surface area contributed by atoms with E-state index >= 15 is 0 Å². The van der Waals surface area contributed by atoms with Crippen LogP contribution in [0.5, 0.6) is 0 Å². The van der Waals surface area contributed by atoms with Crippen molar-refractivity contribution in [1.82, 2.24) is 0 Å². The predicted molar refractivity (Wildman–Crippen MR) is 70.7 cm³/mol. The minimum atomic E-state index is -0.606. The van der Waals surface area contributed by atoms with Crippen LogP contribution in [0.2, 0.25) is 0 Å². The van der Waals surface area contributed by atoms with E-state index in [9.17, 15) is 5.11 Å². The fourth-order valence-electron chi connectivity index (χ4n) is 5.83. The van der Waals surface area contributed by atoms with Crippen LogP contribution in [0.1, 0.15) is 52.9 Å². The number of fused-ring (bicyclic) bond motifs is 1. The van der Waals surface area contributed by atoms with Crippen molar-refractivity contribution in [3.05, 3.63) is 0 Å². The van der Waals surface area contributed by atoms with Gasteiger partial charge in [0.05, 0.1) is 11.8 Å². The summed E-state index contributed by atoms with van der Waals surface area (Å²) < 4.78 is 0. The quantitative estimate of drug-likeness (QED) is 0.427. The number of hydrogen-bond acceptors (Lipinski definition) is 3. The molecule has 3 rings (SSSR count). The van der Waals surface area contributed by atoms with Crippen molar-refractivity contribution in [2.75, 3.05) is 0 Å². The monoisotopic (exact) mass is 251 g/mol. The van der Waals surface area contributed by atoms with Crippen LogP contribution < -0.4 is 0 Å². The van der Waals surface area contributed by atoms with Gasteiger partial charge in [0.15, 0.2) is 0 Å². The summed E-state index contributed by atoms with van der Waals surface area (Å²) in [5, 5.41) is 23.1. The molecule has 0 aliphatic heterocycles. The van der Waals surface area contributed by atoms with Gasteiger partial charge in [-0.2, -0.15) is 0 Å². The van der Waals surface area contributed by atoms with Crippen molar-refractivity contribution < 1.29 is 10.3 Å². The molecule has 3 fully saturated rings. The number of oxime groups is 1. The molecule has 102 valence electrons. The molecule has 0 unspecified atom stereocenters. The van der Waals surface area contributed by atoms with Crippen molar-refractivity contribution in [2.45, 2.75) is 58.5 Å². The average molecular weight is 251 g/mol. The summed E-state index contributed by atoms with van der Waals surface area (Å²) in [5.41, 5.74) is -0.354. The summed E-state index contributed by atoms with van der Waals surface area (Å²) in [6, 6.07) is 0. The van der Waals surface area contributed by atoms with Gasteiger partial charge < -0.3 is 10.3 Å². The Morgan fingerprint density at radius 1 is 1.17 bits per heavy atom. The second-order valence-corrected chi connectivity index (χ2v) is 7.49. The smallest absolute Gasteiger partial charge is 0.0657 e. The third kappa shape index (κ3) is 1.26. The summed E-state index contributed by atoms with van der Waals surface area (Å²) in [6.45, 7) is 6.54. The molecule has 0 amide bonds. The van der Waals surface area contributed by atoms with Gasteiger partial charge in [-0.1, -0.05) is 13.8 Å². The third-order valence-corrected chi connectivity index (χ3v) is 6.83. The number of nitrogens with zero attached hydrogens (tertiary/aromatic N) is 1. The largest absolute Gasteiger partial charge is 0.411 e. The summed E-state index contributed by atoms with van der Waals surface area (Å²) in [4.78, 5) is 0. The lowest BCUT2D eigenvalue weighted by atomic mass is 9.64. The van der Waals surface area contributed by atoms with E-state index in [-0.39, 0.29) is 11.3 Å². The highest BCUT2D eigenvalue weighted by atomic mass is 16.4. The molecule has 18 heavy (non-hydrogen) atoms. The second-order valence-electron chi connectivity index (χ2n) is 7.49. The molecule has 2 bridgehead atoms. The van der Waals surface area contributed by atoms with Crippen molar-refractivity contribution in [2.24, 2.45) is 33.7 Å². The minimum Gasteiger partial charge on any atom is -0.411 e. The van der Waals surface area contributed by atoms with Crippen molar-refractivity contribution in [3.63, 3.8) is 0 Å². The first-order chi connectivity index (χ1) is 8.37. The normalized spacial score (nSPS) is 59.2. The van der Waals surface area contributed by atoms with Crippen molar-refractivity contribution >= 4 is 6.21 Å². The van der Waals surface area contributed by atoms with E-state index in [0.717, 1.165) is 25.2 Å². The lowest BCUT2D eigenvalue weighted by molar-refractivity contribution is -0.0638. The maximum absolute atomic E-state index is 10.7. The first-order valence-electron chi connectivity index (χ1n) is 7.28. The highest BCUT2D eigenvalue weighted by Gasteiger charge is 2.69. The molecule has 0 aromatic rings. The van der Waals surface area contributed by atoms with Crippen LogP contribution in [-0.2, 0) is 0 Å². The Morgan fingerprint density at radius 3 is 2.56 bits per heavy atom. The van der Waals surface area contributed by atoms with E-state index in [4.69, 9.17) is 5.21 Å². The van der Waals surface area contributed by atoms with Crippen LogP contribution in [0.4, 0.5) is 0 Å². The molecule has 0 heterocycles. The van der Waals surface area contributed by atoms with E-state index < -0.39 is 5.60 Å². The Hall–Kier alpha value is -0.570. The molecule has 1 spiro atoms. The fraction of sp³-hybridized carbons (Fsp3) is 0.933. The Bertz CT molecular complexity index is 388. The standard InChI is InChI=1S/C15H25NO2/c1-10-4-5-11-13(2,9-16-18)12-8-15(10,11)7-6-14(12,3)17/h9-12,17-18H,4-8H2,1-3H3/b16-9+/t10-,11+,12-,13+,14+,15+/m1/s1. The van der Waals surface area contributed by atoms with E-state index in [1.54, 1.807) is 6.21 Å². The maximum Gasteiger partial charge on any atom is 0.0657 e. The average Bonchev–Trinajstić information content (AvgIpc) is 2.71. The van der Waals surface area contributed by atoms with E-state index in [1.165, 1.54) is 12.8 Å². The first kappa shape index (κ1) is 12.5. The Labute approximate surface area is 109 Å². The maximum atomic E-state index is 10.7. The van der Waals surface area contributed by atoms with Gasteiger partial charge in [-0.25, -0.2) is 0 Å². The lowest BCUT2D eigenvalue weighted by Gasteiger charge is -2.44. The molecule has 3 nitrogen and oxygen atoms in total. The molecule has 3 aliphatic rings. The van der Waals surface area contributed by atoms with Gasteiger partial charge in [-0.05, 0) is 62.2 Å². The third-order valence-electron chi connectivity index (χ3n) is 6.83. The molecular formula is C15H25NO2. The van der Waals surface area contributed by atoms with Gasteiger partial charge in [-0.3, -0.25) is 0 Å². The summed E-state index contributed by atoms with van der Waals surface area (Å²) in [5.74, 6) is 1.56. The van der Waals surface area contributed by atoms with Gasteiger partial charge in [0, 0.05) is 5.41 Å². The molecule has 0 saturated heterocycles. The molecule has 6 atom stereocenters. The van der Waals surface area contributed by atoms with E-state index in [0.29, 0.717) is 11.3 Å².